The lowest BCUT2D eigenvalue weighted by atomic mass is 9.94. The molecule has 0 aliphatic heterocycles. The van der Waals surface area contributed by atoms with Crippen LogP contribution in [0.15, 0.2) is 18.2 Å². The van der Waals surface area contributed by atoms with Gasteiger partial charge < -0.3 is 15.9 Å². The first-order chi connectivity index (χ1) is 6.83. The SMILES string of the molecule is CC(N)(Cc1ccc(O)cc1Cl)C(=O)O. The number of carbonyl (C=O) groups is 1. The van der Waals surface area contributed by atoms with Gasteiger partial charge in [0.05, 0.1) is 0 Å². The van der Waals surface area contributed by atoms with E-state index in [9.17, 15) is 4.79 Å². The fraction of sp³-hybridized carbons (Fsp3) is 0.300. The molecular weight excluding hydrogens is 218 g/mol. The molecular formula is C10H12ClNO3. The molecule has 0 bridgehead atoms. The number of hydrogen-bond acceptors (Lipinski definition) is 3. The first-order valence-corrected chi connectivity index (χ1v) is 4.70. The molecule has 0 fully saturated rings. The molecule has 5 heteroatoms. The number of hydrogen-bond donors (Lipinski definition) is 3. The van der Waals surface area contributed by atoms with Crippen LogP contribution in [0.5, 0.6) is 5.75 Å². The lowest BCUT2D eigenvalue weighted by Crippen LogP contribution is -2.46. The molecule has 0 aromatic heterocycles. The van der Waals surface area contributed by atoms with Gasteiger partial charge in [-0.3, -0.25) is 4.79 Å². The molecule has 0 aliphatic carbocycles. The van der Waals surface area contributed by atoms with Crippen LogP contribution in [-0.4, -0.2) is 21.7 Å². The lowest BCUT2D eigenvalue weighted by molar-refractivity contribution is -0.142. The summed E-state index contributed by atoms with van der Waals surface area (Å²) in [4.78, 5) is 10.8. The highest BCUT2D eigenvalue weighted by atomic mass is 35.5. The standard InChI is InChI=1S/C10H12ClNO3/c1-10(12,9(14)15)5-6-2-3-7(13)4-8(6)11/h2-4,13H,5,12H2,1H3,(H,14,15). The fourth-order valence-electron chi connectivity index (χ4n) is 1.15. The zero-order valence-corrected chi connectivity index (χ0v) is 8.95. The third-order valence-electron chi connectivity index (χ3n) is 2.08. The van der Waals surface area contributed by atoms with E-state index in [0.717, 1.165) is 0 Å². The molecule has 1 aromatic carbocycles. The van der Waals surface area contributed by atoms with Crippen LogP contribution < -0.4 is 5.73 Å². The minimum Gasteiger partial charge on any atom is -0.508 e. The Morgan fingerprint density at radius 3 is 2.67 bits per heavy atom. The molecule has 1 atom stereocenters. The molecule has 4 N–H and O–H groups in total. The van der Waals surface area contributed by atoms with Crippen molar-refractivity contribution in [3.8, 4) is 5.75 Å². The van der Waals surface area contributed by atoms with Gasteiger partial charge in [-0.1, -0.05) is 17.7 Å². The Balaban J connectivity index is 2.95. The van der Waals surface area contributed by atoms with E-state index in [4.69, 9.17) is 27.5 Å². The van der Waals surface area contributed by atoms with Crippen LogP contribution in [0.25, 0.3) is 0 Å². The minimum atomic E-state index is -1.36. The second-order valence-electron chi connectivity index (χ2n) is 3.68. The van der Waals surface area contributed by atoms with Crippen molar-refractivity contribution in [1.29, 1.82) is 0 Å². The van der Waals surface area contributed by atoms with Crippen molar-refractivity contribution in [3.63, 3.8) is 0 Å². The summed E-state index contributed by atoms with van der Waals surface area (Å²) in [6, 6.07) is 4.36. The predicted octanol–water partition coefficient (Wildman–Crippen LogP) is 1.39. The Kier molecular flexibility index (Phi) is 3.21. The van der Waals surface area contributed by atoms with Gasteiger partial charge in [0, 0.05) is 11.4 Å². The summed E-state index contributed by atoms with van der Waals surface area (Å²) in [5.41, 5.74) is 4.82. The fourth-order valence-corrected chi connectivity index (χ4v) is 1.39. The Morgan fingerprint density at radius 1 is 1.60 bits per heavy atom. The molecule has 15 heavy (non-hydrogen) atoms. The van der Waals surface area contributed by atoms with Gasteiger partial charge in [-0.15, -0.1) is 0 Å². The van der Waals surface area contributed by atoms with Gasteiger partial charge in [0.1, 0.15) is 11.3 Å². The molecule has 4 nitrogen and oxygen atoms in total. The molecule has 82 valence electrons. The number of nitrogens with two attached hydrogens (primary N) is 1. The van der Waals surface area contributed by atoms with E-state index in [1.165, 1.54) is 19.1 Å². The molecule has 0 aliphatic rings. The van der Waals surface area contributed by atoms with E-state index in [-0.39, 0.29) is 12.2 Å². The van der Waals surface area contributed by atoms with Gasteiger partial charge in [0.2, 0.25) is 0 Å². The first-order valence-electron chi connectivity index (χ1n) is 4.32. The number of phenols is 1. The highest BCUT2D eigenvalue weighted by Crippen LogP contribution is 2.24. The van der Waals surface area contributed by atoms with E-state index in [1.807, 2.05) is 0 Å². The highest BCUT2D eigenvalue weighted by molar-refractivity contribution is 6.31. The Morgan fingerprint density at radius 2 is 2.20 bits per heavy atom. The molecule has 1 aromatic rings. The summed E-state index contributed by atoms with van der Waals surface area (Å²) in [5, 5.41) is 18.3. The van der Waals surface area contributed by atoms with Gasteiger partial charge in [-0.05, 0) is 24.6 Å². The molecule has 1 unspecified atom stereocenters. The molecule has 0 heterocycles. The predicted molar refractivity (Wildman–Crippen MR) is 57.0 cm³/mol. The number of phenolic OH excluding ortho intramolecular Hbond substituents is 1. The maximum Gasteiger partial charge on any atom is 0.323 e. The molecule has 0 saturated heterocycles. The Bertz CT molecular complexity index is 390. The second kappa shape index (κ2) is 4.08. The van der Waals surface area contributed by atoms with E-state index in [1.54, 1.807) is 6.07 Å². The topological polar surface area (TPSA) is 83.5 Å². The number of aromatic hydroxyl groups is 1. The normalized spacial score (nSPS) is 14.6. The molecule has 1 rings (SSSR count). The monoisotopic (exact) mass is 229 g/mol. The van der Waals surface area contributed by atoms with Crippen molar-refractivity contribution in [2.75, 3.05) is 0 Å². The average molecular weight is 230 g/mol. The quantitative estimate of drug-likeness (QED) is 0.731. The van der Waals surface area contributed by atoms with E-state index < -0.39 is 11.5 Å². The number of aliphatic carboxylic acids is 1. The number of carboxylic acids is 1. The second-order valence-corrected chi connectivity index (χ2v) is 4.08. The smallest absolute Gasteiger partial charge is 0.323 e. The lowest BCUT2D eigenvalue weighted by Gasteiger charge is -2.19. The zero-order chi connectivity index (χ0) is 11.6. The number of benzene rings is 1. The third kappa shape index (κ3) is 2.84. The van der Waals surface area contributed by atoms with E-state index >= 15 is 0 Å². The van der Waals surface area contributed by atoms with E-state index in [0.29, 0.717) is 10.6 Å². The van der Waals surface area contributed by atoms with Crippen LogP contribution in [0.2, 0.25) is 5.02 Å². The summed E-state index contributed by atoms with van der Waals surface area (Å²) in [6.07, 6.45) is 0.113. The number of rotatable bonds is 3. The Hall–Kier alpha value is -1.26. The zero-order valence-electron chi connectivity index (χ0n) is 8.20. The summed E-state index contributed by atoms with van der Waals surface area (Å²) < 4.78 is 0. The summed E-state index contributed by atoms with van der Waals surface area (Å²) in [7, 11) is 0. The van der Waals surface area contributed by atoms with Gasteiger partial charge in [0.25, 0.3) is 0 Å². The van der Waals surface area contributed by atoms with Crippen LogP contribution in [0.3, 0.4) is 0 Å². The summed E-state index contributed by atoms with van der Waals surface area (Å²) in [5.74, 6) is -1.05. The van der Waals surface area contributed by atoms with Crippen molar-refractivity contribution in [1.82, 2.24) is 0 Å². The minimum absolute atomic E-state index is 0.0396. The molecule has 0 radical (unpaired) electrons. The van der Waals surface area contributed by atoms with Crippen molar-refractivity contribution >= 4 is 17.6 Å². The van der Waals surface area contributed by atoms with Crippen molar-refractivity contribution in [2.24, 2.45) is 5.73 Å². The van der Waals surface area contributed by atoms with Gasteiger partial charge in [0.15, 0.2) is 0 Å². The van der Waals surface area contributed by atoms with Gasteiger partial charge in [-0.2, -0.15) is 0 Å². The van der Waals surface area contributed by atoms with Crippen LogP contribution in [0.1, 0.15) is 12.5 Å². The molecule has 0 spiro atoms. The summed E-state index contributed by atoms with van der Waals surface area (Å²) in [6.45, 7) is 1.42. The third-order valence-corrected chi connectivity index (χ3v) is 2.43. The largest absolute Gasteiger partial charge is 0.508 e. The maximum atomic E-state index is 10.8. The van der Waals surface area contributed by atoms with Crippen molar-refractivity contribution in [3.05, 3.63) is 28.8 Å². The van der Waals surface area contributed by atoms with Crippen LogP contribution >= 0.6 is 11.6 Å². The maximum absolute atomic E-state index is 10.8. The van der Waals surface area contributed by atoms with Crippen LogP contribution in [0, 0.1) is 0 Å². The van der Waals surface area contributed by atoms with Gasteiger partial charge in [-0.25, -0.2) is 0 Å². The summed E-state index contributed by atoms with van der Waals surface area (Å²) >= 11 is 5.83. The van der Waals surface area contributed by atoms with Crippen molar-refractivity contribution in [2.45, 2.75) is 18.9 Å². The highest BCUT2D eigenvalue weighted by Gasteiger charge is 2.28. The number of carboxylic acid groups (broad SMARTS) is 1. The van der Waals surface area contributed by atoms with E-state index in [2.05, 4.69) is 0 Å². The Labute approximate surface area is 92.3 Å². The van der Waals surface area contributed by atoms with Gasteiger partial charge >= 0.3 is 5.97 Å². The number of halogens is 1. The molecule has 0 amide bonds. The van der Waals surface area contributed by atoms with Crippen LogP contribution in [0.4, 0.5) is 0 Å². The van der Waals surface area contributed by atoms with Crippen LogP contribution in [-0.2, 0) is 11.2 Å². The average Bonchev–Trinajstić information content (AvgIpc) is 2.09. The first kappa shape index (κ1) is 11.8. The van der Waals surface area contributed by atoms with Crippen molar-refractivity contribution < 1.29 is 15.0 Å². The molecule has 0 saturated carbocycles.